The molecule has 0 aromatic carbocycles. The van der Waals surface area contributed by atoms with Crippen LogP contribution >= 0.6 is 0 Å². The van der Waals surface area contributed by atoms with E-state index in [-0.39, 0.29) is 6.17 Å². The lowest BCUT2D eigenvalue weighted by Gasteiger charge is -2.49. The van der Waals surface area contributed by atoms with Crippen LogP contribution in [-0.4, -0.2) is 47.0 Å². The number of hydrogen-bond donors (Lipinski definition) is 1. The second-order valence-electron chi connectivity index (χ2n) is 4.24. The van der Waals surface area contributed by atoms with Gasteiger partial charge in [-0.1, -0.05) is 0 Å². The maximum atomic E-state index is 11.2. The Labute approximate surface area is 90.3 Å². The van der Waals surface area contributed by atoms with Gasteiger partial charge in [0.05, 0.1) is 19.2 Å². The molecule has 0 amide bonds. The molecule has 1 N–H and O–H groups in total. The van der Waals surface area contributed by atoms with Gasteiger partial charge < -0.3 is 4.90 Å². The monoisotopic (exact) mass is 233 g/mol. The predicted octanol–water partition coefficient (Wildman–Crippen LogP) is 0.574. The summed E-state index contributed by atoms with van der Waals surface area (Å²) in [6.45, 7) is 5.68. The molecule has 0 bridgehead atoms. The van der Waals surface area contributed by atoms with Crippen LogP contribution in [0.5, 0.6) is 0 Å². The molecular weight excluding hydrogens is 216 g/mol. The molecule has 0 radical (unpaired) electrons. The fourth-order valence-corrected chi connectivity index (χ4v) is 3.88. The molecule has 2 aliphatic heterocycles. The Morgan fingerprint density at radius 1 is 1.60 bits per heavy atom. The average molecular weight is 233 g/mol. The molecule has 0 aliphatic carbocycles. The second kappa shape index (κ2) is 3.20. The van der Waals surface area contributed by atoms with Gasteiger partial charge in [0, 0.05) is 13.5 Å². The van der Waals surface area contributed by atoms with Gasteiger partial charge in [0.1, 0.15) is 6.20 Å². The van der Waals surface area contributed by atoms with Crippen molar-refractivity contribution in [3.63, 3.8) is 0 Å². The number of rotatable bonds is 2. The highest BCUT2D eigenvalue weighted by atomic mass is 32.2. The zero-order chi connectivity index (χ0) is 11.3. The molecule has 86 valence electrons. The van der Waals surface area contributed by atoms with Crippen LogP contribution in [0.4, 0.5) is 0 Å². The third kappa shape index (κ3) is 1.39. The van der Waals surface area contributed by atoms with Gasteiger partial charge in [0.25, 0.3) is 0 Å². The summed E-state index contributed by atoms with van der Waals surface area (Å²) in [5.74, 6) is 0. The van der Waals surface area contributed by atoms with Gasteiger partial charge in [-0.3, -0.25) is 9.04 Å². The first-order valence-electron chi connectivity index (χ1n) is 5.20. The molecule has 5 nitrogen and oxygen atoms in total. The summed E-state index contributed by atoms with van der Waals surface area (Å²) in [5, 5.41) is -0.666. The van der Waals surface area contributed by atoms with Crippen LogP contribution in [0.25, 0.3) is 0 Å². The number of hydrogen-bond acceptors (Lipinski definition) is 3. The van der Waals surface area contributed by atoms with Crippen molar-refractivity contribution in [2.45, 2.75) is 31.8 Å². The Morgan fingerprint density at radius 3 is 2.60 bits per heavy atom. The van der Waals surface area contributed by atoms with Crippen molar-refractivity contribution in [3.05, 3.63) is 12.4 Å². The molecule has 0 saturated carbocycles. The maximum absolute atomic E-state index is 11.2. The van der Waals surface area contributed by atoms with E-state index < -0.39 is 15.5 Å². The molecule has 1 saturated heterocycles. The van der Waals surface area contributed by atoms with E-state index in [2.05, 4.69) is 4.90 Å². The Kier molecular flexibility index (Phi) is 2.33. The molecule has 15 heavy (non-hydrogen) atoms. The minimum absolute atomic E-state index is 0.107. The zero-order valence-corrected chi connectivity index (χ0v) is 9.81. The SMILES string of the molecule is CCN1C=C[N+]2(CCC2S(=O)(=O)O)C1C. The minimum atomic E-state index is -3.93. The Bertz CT molecular complexity index is 392. The Morgan fingerprint density at radius 2 is 2.27 bits per heavy atom. The fourth-order valence-electron chi connectivity index (χ4n) is 2.63. The summed E-state index contributed by atoms with van der Waals surface area (Å²) in [6, 6.07) is 0. The summed E-state index contributed by atoms with van der Waals surface area (Å²) in [4.78, 5) is 2.09. The van der Waals surface area contributed by atoms with Crippen LogP contribution in [0.3, 0.4) is 0 Å². The van der Waals surface area contributed by atoms with Crippen molar-refractivity contribution in [1.82, 2.24) is 4.90 Å². The lowest BCUT2D eigenvalue weighted by Crippen LogP contribution is -2.68. The molecule has 1 fully saturated rings. The lowest BCUT2D eigenvalue weighted by atomic mass is 10.1. The molecule has 2 heterocycles. The first kappa shape index (κ1) is 10.9. The van der Waals surface area contributed by atoms with Gasteiger partial charge >= 0.3 is 10.1 Å². The van der Waals surface area contributed by atoms with Crippen LogP contribution in [0, 0.1) is 0 Å². The standard InChI is InChI=1S/C9H16N2O3S/c1-3-10-5-7-11(8(10)2)6-4-9(11)15(12,13)14/h5,7-9H,3-4,6H2,1-2H3/p+1. The highest BCUT2D eigenvalue weighted by molar-refractivity contribution is 7.86. The van der Waals surface area contributed by atoms with Crippen molar-refractivity contribution >= 4 is 10.1 Å². The second-order valence-corrected chi connectivity index (χ2v) is 5.81. The largest absolute Gasteiger partial charge is 0.324 e. The highest BCUT2D eigenvalue weighted by Gasteiger charge is 2.58. The first-order valence-corrected chi connectivity index (χ1v) is 6.70. The van der Waals surface area contributed by atoms with E-state index in [1.807, 2.05) is 26.2 Å². The van der Waals surface area contributed by atoms with Crippen LogP contribution in [0.2, 0.25) is 0 Å². The van der Waals surface area contributed by atoms with Crippen LogP contribution < -0.4 is 0 Å². The number of nitrogens with zero attached hydrogens (tertiary/aromatic N) is 2. The van der Waals surface area contributed by atoms with Gasteiger partial charge in [-0.15, -0.1) is 0 Å². The third-order valence-electron chi connectivity index (χ3n) is 3.72. The number of quaternary nitrogens is 1. The quantitative estimate of drug-likeness (QED) is 0.560. The third-order valence-corrected chi connectivity index (χ3v) is 5.04. The Hall–Kier alpha value is -0.590. The van der Waals surface area contributed by atoms with Gasteiger partial charge in [0.2, 0.25) is 5.37 Å². The van der Waals surface area contributed by atoms with E-state index >= 15 is 0 Å². The fraction of sp³-hybridized carbons (Fsp3) is 0.778. The normalized spacial score (nSPS) is 39.8. The minimum Gasteiger partial charge on any atom is -0.324 e. The molecule has 1 spiro atoms. The van der Waals surface area contributed by atoms with E-state index in [1.54, 1.807) is 0 Å². The molecule has 2 aliphatic rings. The zero-order valence-electron chi connectivity index (χ0n) is 9.00. The molecule has 0 aromatic rings. The summed E-state index contributed by atoms with van der Waals surface area (Å²) in [7, 11) is -3.93. The summed E-state index contributed by atoms with van der Waals surface area (Å²) in [5.41, 5.74) is 0. The molecular formula is C9H17N2O3S+. The summed E-state index contributed by atoms with van der Waals surface area (Å²) < 4.78 is 31.9. The molecule has 0 aromatic heterocycles. The smallest absolute Gasteiger partial charge is 0.320 e. The van der Waals surface area contributed by atoms with Gasteiger partial charge in [-0.05, 0) is 6.92 Å². The molecule has 3 atom stereocenters. The average Bonchev–Trinajstić information content (AvgIpc) is 2.39. The van der Waals surface area contributed by atoms with Gasteiger partial charge in [-0.25, -0.2) is 0 Å². The van der Waals surface area contributed by atoms with Gasteiger partial charge in [-0.2, -0.15) is 8.42 Å². The van der Waals surface area contributed by atoms with Gasteiger partial charge in [0.15, 0.2) is 6.17 Å². The van der Waals surface area contributed by atoms with E-state index in [4.69, 9.17) is 4.55 Å². The van der Waals surface area contributed by atoms with Crippen molar-refractivity contribution in [3.8, 4) is 0 Å². The highest BCUT2D eigenvalue weighted by Crippen LogP contribution is 2.40. The first-order chi connectivity index (χ1) is 6.92. The molecule has 3 unspecified atom stereocenters. The van der Waals surface area contributed by atoms with Crippen molar-refractivity contribution in [2.75, 3.05) is 13.1 Å². The van der Waals surface area contributed by atoms with Crippen molar-refractivity contribution in [2.24, 2.45) is 0 Å². The van der Waals surface area contributed by atoms with Crippen LogP contribution in [0.1, 0.15) is 20.3 Å². The van der Waals surface area contributed by atoms with Crippen LogP contribution in [0.15, 0.2) is 12.4 Å². The van der Waals surface area contributed by atoms with Crippen molar-refractivity contribution in [1.29, 1.82) is 0 Å². The van der Waals surface area contributed by atoms with E-state index in [1.165, 1.54) is 0 Å². The molecule has 6 heteroatoms. The van der Waals surface area contributed by atoms with Crippen LogP contribution in [-0.2, 0) is 10.1 Å². The topological polar surface area (TPSA) is 57.6 Å². The lowest BCUT2D eigenvalue weighted by molar-refractivity contribution is -0.953. The van der Waals surface area contributed by atoms with E-state index in [0.717, 1.165) is 13.1 Å². The van der Waals surface area contributed by atoms with E-state index in [0.29, 0.717) is 10.9 Å². The van der Waals surface area contributed by atoms with E-state index in [9.17, 15) is 8.42 Å². The predicted molar refractivity (Wildman–Crippen MR) is 56.1 cm³/mol. The Balaban J connectivity index is 2.28. The maximum Gasteiger partial charge on any atom is 0.320 e. The van der Waals surface area contributed by atoms with Crippen molar-refractivity contribution < 1.29 is 17.5 Å². The molecule has 2 rings (SSSR count). The summed E-state index contributed by atoms with van der Waals surface area (Å²) >= 11 is 0. The summed E-state index contributed by atoms with van der Waals surface area (Å²) in [6.07, 6.45) is 4.49.